The fourth-order valence-electron chi connectivity index (χ4n) is 2.22. The van der Waals surface area contributed by atoms with E-state index in [2.05, 4.69) is 5.32 Å². The monoisotopic (exact) mass is 343 g/mol. The van der Waals surface area contributed by atoms with E-state index >= 15 is 0 Å². The van der Waals surface area contributed by atoms with Crippen LogP contribution in [0.3, 0.4) is 0 Å². The third-order valence-corrected chi connectivity index (χ3v) is 3.66. The highest BCUT2D eigenvalue weighted by molar-refractivity contribution is 5.76. The van der Waals surface area contributed by atoms with Gasteiger partial charge in [0.25, 0.3) is 5.69 Å². The van der Waals surface area contributed by atoms with Crippen molar-refractivity contribution >= 4 is 11.6 Å². The standard InChI is InChI=1S/C18H20N2O5/c1-12-3-4-13(2)17(9-12)25-8-7-18(22)19-11-14-10-15(20(23)24)5-6-16(14)21/h3-6,9-10,21H,7-8,11H2,1-2H3,(H,19,22)/p-1. The molecule has 2 rings (SSSR count). The zero-order valence-corrected chi connectivity index (χ0v) is 14.1. The summed E-state index contributed by atoms with van der Waals surface area (Å²) in [7, 11) is 0. The van der Waals surface area contributed by atoms with Gasteiger partial charge < -0.3 is 15.2 Å². The Labute approximate surface area is 145 Å². The largest absolute Gasteiger partial charge is 0.872 e. The minimum atomic E-state index is -0.581. The average Bonchev–Trinajstić information content (AvgIpc) is 2.57. The molecule has 1 N–H and O–H groups in total. The molecule has 0 aliphatic rings. The molecule has 25 heavy (non-hydrogen) atoms. The van der Waals surface area contributed by atoms with Crippen molar-refractivity contribution in [3.63, 3.8) is 0 Å². The molecule has 0 spiro atoms. The molecule has 0 fully saturated rings. The third-order valence-electron chi connectivity index (χ3n) is 3.66. The summed E-state index contributed by atoms with van der Waals surface area (Å²) in [5, 5.41) is 25.0. The number of nitrogens with zero attached hydrogens (tertiary/aromatic N) is 1. The fraction of sp³-hybridized carbons (Fsp3) is 0.278. The predicted molar refractivity (Wildman–Crippen MR) is 90.4 cm³/mol. The maximum Gasteiger partial charge on any atom is 0.269 e. The van der Waals surface area contributed by atoms with Crippen LogP contribution in [0.1, 0.15) is 23.1 Å². The quantitative estimate of drug-likeness (QED) is 0.614. The molecule has 0 bridgehead atoms. The van der Waals surface area contributed by atoms with Crippen LogP contribution in [-0.2, 0) is 11.3 Å². The van der Waals surface area contributed by atoms with E-state index in [1.54, 1.807) is 0 Å². The van der Waals surface area contributed by atoms with Crippen LogP contribution in [0.5, 0.6) is 11.5 Å². The van der Waals surface area contributed by atoms with E-state index in [4.69, 9.17) is 4.74 Å². The molecule has 0 saturated heterocycles. The minimum Gasteiger partial charge on any atom is -0.872 e. The lowest BCUT2D eigenvalue weighted by Gasteiger charge is -2.14. The van der Waals surface area contributed by atoms with Gasteiger partial charge in [-0.1, -0.05) is 18.2 Å². The summed E-state index contributed by atoms with van der Waals surface area (Å²) in [5.41, 5.74) is 2.05. The van der Waals surface area contributed by atoms with Gasteiger partial charge in [-0.15, -0.1) is 5.75 Å². The van der Waals surface area contributed by atoms with Gasteiger partial charge in [0.1, 0.15) is 5.75 Å². The van der Waals surface area contributed by atoms with Crippen LogP contribution in [0.2, 0.25) is 0 Å². The smallest absolute Gasteiger partial charge is 0.269 e. The van der Waals surface area contributed by atoms with E-state index in [0.29, 0.717) is 0 Å². The van der Waals surface area contributed by atoms with Gasteiger partial charge in [0, 0.05) is 18.7 Å². The second-order valence-corrected chi connectivity index (χ2v) is 5.69. The van der Waals surface area contributed by atoms with Gasteiger partial charge >= 0.3 is 0 Å². The summed E-state index contributed by atoms with van der Waals surface area (Å²) in [6, 6.07) is 9.28. The van der Waals surface area contributed by atoms with E-state index in [-0.39, 0.29) is 42.5 Å². The lowest BCUT2D eigenvalue weighted by Crippen LogP contribution is -2.25. The maximum atomic E-state index is 11.9. The molecule has 0 saturated carbocycles. The Hall–Kier alpha value is -3.09. The van der Waals surface area contributed by atoms with Crippen molar-refractivity contribution in [1.82, 2.24) is 5.32 Å². The number of rotatable bonds is 7. The molecule has 0 aromatic heterocycles. The van der Waals surface area contributed by atoms with Gasteiger partial charge in [-0.3, -0.25) is 14.9 Å². The SMILES string of the molecule is Cc1ccc(C)c(OCCC(=O)NCc2cc([N+](=O)[O-])ccc2[O-])c1. The van der Waals surface area contributed by atoms with Crippen LogP contribution in [-0.4, -0.2) is 17.4 Å². The molecule has 1 amide bonds. The summed E-state index contributed by atoms with van der Waals surface area (Å²) in [6.45, 7) is 4.03. The predicted octanol–water partition coefficient (Wildman–Crippen LogP) is 2.37. The van der Waals surface area contributed by atoms with Crippen molar-refractivity contribution in [3.05, 3.63) is 63.2 Å². The number of non-ortho nitro benzene ring substituents is 1. The van der Waals surface area contributed by atoms with Gasteiger partial charge in [0.2, 0.25) is 5.91 Å². The number of carbonyl (C=O) groups is 1. The topological polar surface area (TPSA) is 105 Å². The highest BCUT2D eigenvalue weighted by atomic mass is 16.6. The Morgan fingerprint density at radius 3 is 2.68 bits per heavy atom. The van der Waals surface area contributed by atoms with Crippen LogP contribution in [0, 0.1) is 24.0 Å². The van der Waals surface area contributed by atoms with Crippen LogP contribution in [0.4, 0.5) is 5.69 Å². The van der Waals surface area contributed by atoms with Gasteiger partial charge in [0.15, 0.2) is 0 Å². The average molecular weight is 343 g/mol. The fourth-order valence-corrected chi connectivity index (χ4v) is 2.22. The maximum absolute atomic E-state index is 11.9. The Morgan fingerprint density at radius 2 is 1.96 bits per heavy atom. The van der Waals surface area contributed by atoms with Gasteiger partial charge in [-0.05, 0) is 36.6 Å². The minimum absolute atomic E-state index is 0.0528. The Balaban J connectivity index is 1.84. The first-order chi connectivity index (χ1) is 11.9. The second kappa shape index (κ2) is 8.14. The summed E-state index contributed by atoms with van der Waals surface area (Å²) < 4.78 is 5.60. The van der Waals surface area contributed by atoms with Gasteiger partial charge in [-0.2, -0.15) is 0 Å². The Bertz CT molecular complexity index is 789. The molecule has 0 radical (unpaired) electrons. The van der Waals surface area contributed by atoms with E-state index in [9.17, 15) is 20.0 Å². The number of amides is 1. The van der Waals surface area contributed by atoms with Crippen molar-refractivity contribution in [3.8, 4) is 11.5 Å². The van der Waals surface area contributed by atoms with E-state index < -0.39 is 4.92 Å². The molecule has 7 nitrogen and oxygen atoms in total. The molecule has 0 aliphatic carbocycles. The Kier molecular flexibility index (Phi) is 5.94. The van der Waals surface area contributed by atoms with Crippen molar-refractivity contribution < 1.29 is 19.6 Å². The van der Waals surface area contributed by atoms with Crippen LogP contribution in [0.15, 0.2) is 36.4 Å². The molecule has 0 aliphatic heterocycles. The summed E-state index contributed by atoms with van der Waals surface area (Å²) >= 11 is 0. The molecule has 0 heterocycles. The first-order valence-corrected chi connectivity index (χ1v) is 7.78. The van der Waals surface area contributed by atoms with E-state index in [0.717, 1.165) is 29.0 Å². The van der Waals surface area contributed by atoms with Crippen molar-refractivity contribution in [2.24, 2.45) is 0 Å². The summed E-state index contributed by atoms with van der Waals surface area (Å²) in [5.74, 6) is 0.0853. The normalized spacial score (nSPS) is 10.3. The molecule has 2 aromatic rings. The number of hydrogen-bond donors (Lipinski definition) is 1. The lowest BCUT2D eigenvalue weighted by molar-refractivity contribution is -0.385. The number of nitro benzene ring substituents is 1. The number of hydrogen-bond acceptors (Lipinski definition) is 5. The Morgan fingerprint density at radius 1 is 1.20 bits per heavy atom. The summed E-state index contributed by atoms with van der Waals surface area (Å²) in [6.07, 6.45) is 0.122. The van der Waals surface area contributed by atoms with E-state index in [1.165, 1.54) is 6.07 Å². The number of carbonyl (C=O) groups excluding carboxylic acids is 1. The third kappa shape index (κ3) is 5.20. The van der Waals surface area contributed by atoms with Crippen LogP contribution < -0.4 is 15.2 Å². The highest BCUT2D eigenvalue weighted by Gasteiger charge is 2.08. The molecule has 0 atom stereocenters. The van der Waals surface area contributed by atoms with E-state index in [1.807, 2.05) is 32.0 Å². The zero-order valence-electron chi connectivity index (χ0n) is 14.1. The molecule has 0 unspecified atom stereocenters. The van der Waals surface area contributed by atoms with Crippen molar-refractivity contribution in [2.45, 2.75) is 26.8 Å². The second-order valence-electron chi connectivity index (χ2n) is 5.69. The number of nitrogens with one attached hydrogen (secondary N) is 1. The molecule has 132 valence electrons. The van der Waals surface area contributed by atoms with Crippen LogP contribution >= 0.6 is 0 Å². The zero-order chi connectivity index (χ0) is 18.4. The summed E-state index contributed by atoms with van der Waals surface area (Å²) in [4.78, 5) is 22.0. The van der Waals surface area contributed by atoms with Crippen molar-refractivity contribution in [2.75, 3.05) is 6.61 Å². The van der Waals surface area contributed by atoms with Crippen LogP contribution in [0.25, 0.3) is 0 Å². The van der Waals surface area contributed by atoms with Crippen molar-refractivity contribution in [1.29, 1.82) is 0 Å². The highest BCUT2D eigenvalue weighted by Crippen LogP contribution is 2.21. The van der Waals surface area contributed by atoms with Gasteiger partial charge in [-0.25, -0.2) is 0 Å². The molecular weight excluding hydrogens is 324 g/mol. The first kappa shape index (κ1) is 18.3. The number of benzene rings is 2. The first-order valence-electron chi connectivity index (χ1n) is 7.78. The number of nitro groups is 1. The molecular formula is C18H19N2O5-. The number of aryl methyl sites for hydroxylation is 2. The lowest BCUT2D eigenvalue weighted by atomic mass is 10.1. The number of ether oxygens (including phenoxy) is 1. The molecule has 2 aromatic carbocycles. The molecule has 7 heteroatoms. The van der Waals surface area contributed by atoms with Gasteiger partial charge in [0.05, 0.1) is 18.0 Å².